The van der Waals surface area contributed by atoms with E-state index in [-0.39, 0.29) is 11.4 Å². The third-order valence-electron chi connectivity index (χ3n) is 5.68. The molecule has 1 saturated heterocycles. The monoisotopic (exact) mass is 416 g/mol. The molecule has 1 amide bonds. The van der Waals surface area contributed by atoms with E-state index < -0.39 is 0 Å². The molecule has 0 N–H and O–H groups in total. The third-order valence-corrected chi connectivity index (χ3v) is 5.68. The molecule has 3 rings (SSSR count). The quantitative estimate of drug-likeness (QED) is 0.585. The highest BCUT2D eigenvalue weighted by atomic mass is 16.5. The Hall–Kier alpha value is -2.52. The van der Waals surface area contributed by atoms with Crippen LogP contribution in [0.5, 0.6) is 6.01 Å². The number of rotatable bonds is 10. The van der Waals surface area contributed by atoms with Crippen molar-refractivity contribution in [2.24, 2.45) is 0 Å². The molecule has 2 aromatic rings. The second-order valence-electron chi connectivity index (χ2n) is 7.54. The number of para-hydroxylation sites is 1. The van der Waals surface area contributed by atoms with E-state index in [9.17, 15) is 4.79 Å². The molecule has 1 aromatic heterocycles. The molecule has 9 heteroatoms. The van der Waals surface area contributed by atoms with Gasteiger partial charge in [0.2, 0.25) is 5.91 Å². The summed E-state index contributed by atoms with van der Waals surface area (Å²) in [5, 5.41) is 11.4. The summed E-state index contributed by atoms with van der Waals surface area (Å²) >= 11 is 0. The largest absolute Gasteiger partial charge is 0.461 e. The summed E-state index contributed by atoms with van der Waals surface area (Å²) in [6, 6.07) is 10.4. The number of methoxy groups -OCH3 is 1. The van der Waals surface area contributed by atoms with Crippen molar-refractivity contribution in [3.8, 4) is 6.01 Å². The minimum absolute atomic E-state index is 0.126. The first-order chi connectivity index (χ1) is 14.6. The predicted octanol–water partition coefficient (Wildman–Crippen LogP) is 2.00. The number of carbonyl (C=O) groups excluding carboxylic acids is 1. The zero-order valence-corrected chi connectivity index (χ0v) is 18.2. The Labute approximate surface area is 177 Å². The van der Waals surface area contributed by atoms with Gasteiger partial charge in [0.05, 0.1) is 12.1 Å². The van der Waals surface area contributed by atoms with Crippen LogP contribution in [0.3, 0.4) is 0 Å². The molecule has 0 radical (unpaired) electrons. The minimum Gasteiger partial charge on any atom is -0.461 e. The van der Waals surface area contributed by atoms with Crippen LogP contribution >= 0.6 is 0 Å². The van der Waals surface area contributed by atoms with E-state index in [0.717, 1.165) is 38.2 Å². The Morgan fingerprint density at radius 3 is 2.57 bits per heavy atom. The number of nitrogens with zero attached hydrogens (tertiary/aromatic N) is 6. The molecule has 1 fully saturated rings. The van der Waals surface area contributed by atoms with E-state index in [1.807, 2.05) is 49.1 Å². The number of carbonyl (C=O) groups is 1. The maximum Gasteiger partial charge on any atom is 0.335 e. The van der Waals surface area contributed by atoms with Crippen molar-refractivity contribution >= 4 is 11.6 Å². The van der Waals surface area contributed by atoms with E-state index in [1.165, 1.54) is 0 Å². The Bertz CT molecular complexity index is 789. The van der Waals surface area contributed by atoms with Gasteiger partial charge in [-0.2, -0.15) is 4.68 Å². The number of anilines is 1. The maximum absolute atomic E-state index is 13.0. The van der Waals surface area contributed by atoms with Crippen LogP contribution in [0.4, 0.5) is 5.69 Å². The van der Waals surface area contributed by atoms with Gasteiger partial charge >= 0.3 is 6.01 Å². The highest BCUT2D eigenvalue weighted by Gasteiger charge is 2.42. The zero-order chi connectivity index (χ0) is 21.4. The SMILES string of the molecule is CCC(=O)N(c1ccccc1)C1(COC)CCN(CCOc2nnnn2CC)CC1. The summed E-state index contributed by atoms with van der Waals surface area (Å²) in [5.41, 5.74) is 0.594. The van der Waals surface area contributed by atoms with Gasteiger partial charge in [-0.25, -0.2) is 0 Å². The number of tetrazole rings is 1. The maximum atomic E-state index is 13.0. The number of benzene rings is 1. The first-order valence-corrected chi connectivity index (χ1v) is 10.6. The molecule has 0 atom stereocenters. The molecular formula is C21H32N6O3. The number of amides is 1. The molecule has 0 aliphatic carbocycles. The Morgan fingerprint density at radius 2 is 1.93 bits per heavy atom. The van der Waals surface area contributed by atoms with Gasteiger partial charge in [-0.15, -0.1) is 0 Å². The standard InChI is InChI=1S/C21H32N6O3/c1-4-19(28)27(18-9-7-6-8-10-18)21(17-29-3)11-13-25(14-12-21)15-16-30-20-22-23-24-26(20)5-2/h6-10H,4-5,11-17H2,1-3H3. The summed E-state index contributed by atoms with van der Waals surface area (Å²) < 4.78 is 13.0. The van der Waals surface area contributed by atoms with Gasteiger partial charge in [0.1, 0.15) is 6.61 Å². The summed E-state index contributed by atoms with van der Waals surface area (Å²) in [4.78, 5) is 17.3. The van der Waals surface area contributed by atoms with Gasteiger partial charge in [0.25, 0.3) is 0 Å². The number of aromatic nitrogens is 4. The van der Waals surface area contributed by atoms with E-state index in [1.54, 1.807) is 11.8 Å². The Morgan fingerprint density at radius 1 is 1.20 bits per heavy atom. The lowest BCUT2D eigenvalue weighted by Crippen LogP contribution is -2.60. The highest BCUT2D eigenvalue weighted by Crippen LogP contribution is 2.34. The topological polar surface area (TPSA) is 85.6 Å². The molecule has 0 spiro atoms. The van der Waals surface area contributed by atoms with Crippen molar-refractivity contribution in [1.82, 2.24) is 25.1 Å². The molecule has 2 heterocycles. The molecule has 1 aliphatic rings. The van der Waals surface area contributed by atoms with Crippen LogP contribution in [0.2, 0.25) is 0 Å². The van der Waals surface area contributed by atoms with E-state index in [0.29, 0.717) is 32.2 Å². The van der Waals surface area contributed by atoms with Gasteiger partial charge in [-0.3, -0.25) is 9.69 Å². The second kappa shape index (κ2) is 10.5. The lowest BCUT2D eigenvalue weighted by molar-refractivity contribution is -0.120. The van der Waals surface area contributed by atoms with E-state index in [2.05, 4.69) is 20.4 Å². The number of aryl methyl sites for hydroxylation is 1. The summed E-state index contributed by atoms with van der Waals surface area (Å²) in [5.74, 6) is 0.126. The van der Waals surface area contributed by atoms with E-state index >= 15 is 0 Å². The zero-order valence-electron chi connectivity index (χ0n) is 18.2. The van der Waals surface area contributed by atoms with Crippen LogP contribution in [-0.4, -0.2) is 76.5 Å². The molecule has 1 aromatic carbocycles. The summed E-state index contributed by atoms with van der Waals surface area (Å²) in [7, 11) is 1.71. The van der Waals surface area contributed by atoms with Gasteiger partial charge in [-0.05, 0) is 42.3 Å². The average molecular weight is 417 g/mol. The van der Waals surface area contributed by atoms with Crippen LogP contribution in [0.15, 0.2) is 30.3 Å². The number of hydrogen-bond acceptors (Lipinski definition) is 7. The van der Waals surface area contributed by atoms with Crippen molar-refractivity contribution in [3.05, 3.63) is 30.3 Å². The number of piperidine rings is 1. The molecule has 1 aliphatic heterocycles. The first kappa shape index (κ1) is 22.2. The summed E-state index contributed by atoms with van der Waals surface area (Å²) in [6.07, 6.45) is 2.15. The van der Waals surface area contributed by atoms with Gasteiger partial charge in [0, 0.05) is 45.4 Å². The molecular weight excluding hydrogens is 384 g/mol. The third kappa shape index (κ3) is 4.96. The van der Waals surface area contributed by atoms with Crippen molar-refractivity contribution in [2.75, 3.05) is 44.9 Å². The molecule has 30 heavy (non-hydrogen) atoms. The fourth-order valence-electron chi connectivity index (χ4n) is 4.08. The summed E-state index contributed by atoms with van der Waals surface area (Å²) in [6.45, 7) is 8.11. The van der Waals surface area contributed by atoms with Crippen molar-refractivity contribution in [2.45, 2.75) is 45.2 Å². The molecule has 9 nitrogen and oxygen atoms in total. The Balaban J connectivity index is 1.65. The molecule has 164 valence electrons. The predicted molar refractivity (Wildman–Crippen MR) is 113 cm³/mol. The fourth-order valence-corrected chi connectivity index (χ4v) is 4.08. The van der Waals surface area contributed by atoms with Crippen LogP contribution in [0.25, 0.3) is 0 Å². The second-order valence-corrected chi connectivity index (χ2v) is 7.54. The van der Waals surface area contributed by atoms with Crippen LogP contribution < -0.4 is 9.64 Å². The van der Waals surface area contributed by atoms with Gasteiger partial charge in [-0.1, -0.05) is 30.2 Å². The normalized spacial score (nSPS) is 16.4. The van der Waals surface area contributed by atoms with Crippen LogP contribution in [0.1, 0.15) is 33.1 Å². The number of likely N-dealkylation sites (tertiary alicyclic amines) is 1. The van der Waals surface area contributed by atoms with Crippen molar-refractivity contribution in [1.29, 1.82) is 0 Å². The molecule has 0 unspecified atom stereocenters. The van der Waals surface area contributed by atoms with Crippen LogP contribution in [0, 0.1) is 0 Å². The lowest BCUT2D eigenvalue weighted by atomic mass is 9.85. The molecule has 0 saturated carbocycles. The minimum atomic E-state index is -0.340. The van der Waals surface area contributed by atoms with Crippen LogP contribution in [-0.2, 0) is 16.1 Å². The smallest absolute Gasteiger partial charge is 0.335 e. The Kier molecular flexibility index (Phi) is 7.75. The van der Waals surface area contributed by atoms with Crippen molar-refractivity contribution in [3.63, 3.8) is 0 Å². The molecule has 0 bridgehead atoms. The van der Waals surface area contributed by atoms with E-state index in [4.69, 9.17) is 9.47 Å². The first-order valence-electron chi connectivity index (χ1n) is 10.6. The lowest BCUT2D eigenvalue weighted by Gasteiger charge is -2.48. The van der Waals surface area contributed by atoms with Crippen molar-refractivity contribution < 1.29 is 14.3 Å². The average Bonchev–Trinajstić information content (AvgIpc) is 3.23. The van der Waals surface area contributed by atoms with Gasteiger partial charge < -0.3 is 14.4 Å². The fraction of sp³-hybridized carbons (Fsp3) is 0.619. The number of ether oxygens (including phenoxy) is 2. The highest BCUT2D eigenvalue weighted by molar-refractivity contribution is 5.94. The number of hydrogen-bond donors (Lipinski definition) is 0. The van der Waals surface area contributed by atoms with Gasteiger partial charge in [0.15, 0.2) is 0 Å².